The number of rotatable bonds is 5. The van der Waals surface area contributed by atoms with Crippen LogP contribution in [-0.2, 0) is 14.8 Å². The second kappa shape index (κ2) is 5.38. The van der Waals surface area contributed by atoms with E-state index in [1.165, 1.54) is 12.1 Å². The fourth-order valence-electron chi connectivity index (χ4n) is 1.42. The lowest BCUT2D eigenvalue weighted by atomic mass is 10.3. The summed E-state index contributed by atoms with van der Waals surface area (Å²) in [7, 11) is -3.48. The molecule has 1 fully saturated rings. The molecular weight excluding hydrogens is 320 g/mol. The Morgan fingerprint density at radius 2 is 2.11 bits per heavy atom. The summed E-state index contributed by atoms with van der Waals surface area (Å²) in [5.41, 5.74) is 0.470. The molecule has 18 heavy (non-hydrogen) atoms. The summed E-state index contributed by atoms with van der Waals surface area (Å²) in [6, 6.07) is 6.28. The third-order valence-electron chi connectivity index (χ3n) is 2.45. The Hall–Kier alpha value is -0.920. The average molecular weight is 333 g/mol. The quantitative estimate of drug-likeness (QED) is 0.801. The number of hydrogen-bond acceptors (Lipinski definition) is 3. The van der Waals surface area contributed by atoms with E-state index in [1.807, 2.05) is 0 Å². The minimum absolute atomic E-state index is 0.0655. The van der Waals surface area contributed by atoms with Gasteiger partial charge in [-0.3, -0.25) is 4.79 Å². The summed E-state index contributed by atoms with van der Waals surface area (Å²) in [6.45, 7) is 0. The van der Waals surface area contributed by atoms with Crippen molar-refractivity contribution >= 4 is 37.5 Å². The van der Waals surface area contributed by atoms with Gasteiger partial charge in [-0.2, -0.15) is 0 Å². The summed E-state index contributed by atoms with van der Waals surface area (Å²) < 4.78 is 26.5. The first-order chi connectivity index (χ1) is 8.51. The van der Waals surface area contributed by atoms with Crippen LogP contribution in [0.3, 0.4) is 0 Å². The van der Waals surface area contributed by atoms with Gasteiger partial charge in [0.1, 0.15) is 0 Å². The standard InChI is InChI=1S/C11H13BrN2O3S/c12-7-11(15)13-9-2-1-3-10(6-9)18(16,17)14-8-4-5-8/h1-3,6,8,14H,4-5,7H2,(H,13,15). The highest BCUT2D eigenvalue weighted by molar-refractivity contribution is 9.09. The zero-order chi connectivity index (χ0) is 13.2. The van der Waals surface area contributed by atoms with Crippen LogP contribution in [-0.4, -0.2) is 25.7 Å². The monoisotopic (exact) mass is 332 g/mol. The lowest BCUT2D eigenvalue weighted by Gasteiger charge is -2.08. The highest BCUT2D eigenvalue weighted by Crippen LogP contribution is 2.23. The summed E-state index contributed by atoms with van der Waals surface area (Å²) in [5.74, 6) is -0.222. The third-order valence-corrected chi connectivity index (χ3v) is 4.48. The molecule has 1 aliphatic carbocycles. The van der Waals surface area contributed by atoms with E-state index in [-0.39, 0.29) is 22.2 Å². The van der Waals surface area contributed by atoms with Gasteiger partial charge < -0.3 is 5.32 Å². The molecule has 0 aromatic heterocycles. The molecule has 7 heteroatoms. The van der Waals surface area contributed by atoms with E-state index in [2.05, 4.69) is 26.0 Å². The lowest BCUT2D eigenvalue weighted by molar-refractivity contribution is -0.113. The fraction of sp³-hybridized carbons (Fsp3) is 0.364. The van der Waals surface area contributed by atoms with Crippen LogP contribution in [0, 0.1) is 0 Å². The van der Waals surface area contributed by atoms with Gasteiger partial charge in [-0.15, -0.1) is 0 Å². The molecule has 5 nitrogen and oxygen atoms in total. The molecule has 98 valence electrons. The molecule has 0 unspecified atom stereocenters. The van der Waals surface area contributed by atoms with Crippen molar-refractivity contribution in [1.82, 2.24) is 4.72 Å². The number of amides is 1. The summed E-state index contributed by atoms with van der Waals surface area (Å²) in [6.07, 6.45) is 1.78. The molecule has 0 radical (unpaired) electrons. The number of hydrogen-bond donors (Lipinski definition) is 2. The molecule has 1 aliphatic rings. The number of anilines is 1. The molecular formula is C11H13BrN2O3S. The molecule has 0 bridgehead atoms. The molecule has 2 rings (SSSR count). The largest absolute Gasteiger partial charge is 0.325 e. The van der Waals surface area contributed by atoms with Crippen LogP contribution in [0.25, 0.3) is 0 Å². The molecule has 0 atom stereocenters. The van der Waals surface area contributed by atoms with Crippen LogP contribution in [0.15, 0.2) is 29.2 Å². The van der Waals surface area contributed by atoms with Gasteiger partial charge in [-0.05, 0) is 31.0 Å². The fourth-order valence-corrected chi connectivity index (χ4v) is 2.91. The summed E-state index contributed by atoms with van der Waals surface area (Å²) in [5, 5.41) is 2.77. The SMILES string of the molecule is O=C(CBr)Nc1cccc(S(=O)(=O)NC2CC2)c1. The van der Waals surface area contributed by atoms with E-state index in [9.17, 15) is 13.2 Å². The van der Waals surface area contributed by atoms with Crippen LogP contribution in [0.2, 0.25) is 0 Å². The van der Waals surface area contributed by atoms with Gasteiger partial charge in [0, 0.05) is 11.7 Å². The van der Waals surface area contributed by atoms with Crippen molar-refractivity contribution in [3.05, 3.63) is 24.3 Å². The van der Waals surface area contributed by atoms with E-state index in [0.717, 1.165) is 12.8 Å². The maximum Gasteiger partial charge on any atom is 0.240 e. The molecule has 1 saturated carbocycles. The van der Waals surface area contributed by atoms with Gasteiger partial charge in [-0.25, -0.2) is 13.1 Å². The first-order valence-electron chi connectivity index (χ1n) is 5.49. The number of benzene rings is 1. The first-order valence-corrected chi connectivity index (χ1v) is 8.10. The van der Waals surface area contributed by atoms with E-state index in [4.69, 9.17) is 0 Å². The number of sulfonamides is 1. The van der Waals surface area contributed by atoms with Crippen molar-refractivity contribution in [3.8, 4) is 0 Å². The van der Waals surface area contributed by atoms with Crippen LogP contribution in [0.4, 0.5) is 5.69 Å². The Kier molecular flexibility index (Phi) is 4.04. The first kappa shape index (κ1) is 13.5. The van der Waals surface area contributed by atoms with Crippen LogP contribution in [0.5, 0.6) is 0 Å². The number of nitrogens with one attached hydrogen (secondary N) is 2. The number of halogens is 1. The van der Waals surface area contributed by atoms with Gasteiger partial charge in [0.25, 0.3) is 0 Å². The minimum Gasteiger partial charge on any atom is -0.325 e. The number of alkyl halides is 1. The second-order valence-electron chi connectivity index (χ2n) is 4.11. The van der Waals surface area contributed by atoms with Crippen molar-refractivity contribution in [2.45, 2.75) is 23.8 Å². The maximum atomic E-state index is 12.0. The van der Waals surface area contributed by atoms with E-state index >= 15 is 0 Å². The Morgan fingerprint density at radius 1 is 1.39 bits per heavy atom. The van der Waals surface area contributed by atoms with Crippen LogP contribution >= 0.6 is 15.9 Å². The third kappa shape index (κ3) is 3.54. The Morgan fingerprint density at radius 3 is 2.72 bits per heavy atom. The minimum atomic E-state index is -3.48. The predicted molar refractivity (Wildman–Crippen MR) is 72.2 cm³/mol. The summed E-state index contributed by atoms with van der Waals surface area (Å²) in [4.78, 5) is 11.4. The highest BCUT2D eigenvalue weighted by Gasteiger charge is 2.27. The zero-order valence-electron chi connectivity index (χ0n) is 9.52. The van der Waals surface area contributed by atoms with E-state index in [1.54, 1.807) is 12.1 Å². The Balaban J connectivity index is 2.17. The second-order valence-corrected chi connectivity index (χ2v) is 6.38. The molecule has 0 saturated heterocycles. The average Bonchev–Trinajstić information content (AvgIpc) is 3.12. The van der Waals surface area contributed by atoms with Crippen molar-refractivity contribution < 1.29 is 13.2 Å². The van der Waals surface area contributed by atoms with Crippen molar-refractivity contribution in [1.29, 1.82) is 0 Å². The topological polar surface area (TPSA) is 75.3 Å². The number of carbonyl (C=O) groups is 1. The number of carbonyl (C=O) groups excluding carboxylic acids is 1. The Bertz CT molecular complexity index is 555. The van der Waals surface area contributed by atoms with Crippen LogP contribution in [0.1, 0.15) is 12.8 Å². The van der Waals surface area contributed by atoms with Gasteiger partial charge in [0.05, 0.1) is 10.2 Å². The molecule has 1 aromatic rings. The van der Waals surface area contributed by atoms with Gasteiger partial charge in [-0.1, -0.05) is 22.0 Å². The molecule has 1 amide bonds. The highest BCUT2D eigenvalue weighted by atomic mass is 79.9. The van der Waals surface area contributed by atoms with Gasteiger partial charge >= 0.3 is 0 Å². The van der Waals surface area contributed by atoms with Crippen LogP contribution < -0.4 is 10.0 Å². The molecule has 0 aliphatic heterocycles. The van der Waals surface area contributed by atoms with Crippen molar-refractivity contribution in [3.63, 3.8) is 0 Å². The normalized spacial score (nSPS) is 15.4. The molecule has 0 spiro atoms. The van der Waals surface area contributed by atoms with Crippen molar-refractivity contribution in [2.24, 2.45) is 0 Å². The molecule has 1 aromatic carbocycles. The Labute approximate surface area is 114 Å². The van der Waals surface area contributed by atoms with Gasteiger partial charge in [0.15, 0.2) is 0 Å². The predicted octanol–water partition coefficient (Wildman–Crippen LogP) is 1.46. The maximum absolute atomic E-state index is 12.0. The van der Waals surface area contributed by atoms with E-state index in [0.29, 0.717) is 5.69 Å². The lowest BCUT2D eigenvalue weighted by Crippen LogP contribution is -2.25. The molecule has 2 N–H and O–H groups in total. The smallest absolute Gasteiger partial charge is 0.240 e. The summed E-state index contributed by atoms with van der Waals surface area (Å²) >= 11 is 3.03. The van der Waals surface area contributed by atoms with Crippen molar-refractivity contribution in [2.75, 3.05) is 10.6 Å². The zero-order valence-corrected chi connectivity index (χ0v) is 11.9. The van der Waals surface area contributed by atoms with E-state index < -0.39 is 10.0 Å². The molecule has 0 heterocycles. The van der Waals surface area contributed by atoms with Gasteiger partial charge in [0.2, 0.25) is 15.9 Å².